The topological polar surface area (TPSA) is 105 Å². The highest BCUT2D eigenvalue weighted by Gasteiger charge is 2.29. The van der Waals surface area contributed by atoms with E-state index in [1.165, 1.54) is 13.0 Å². The molecule has 2 amide bonds. The Labute approximate surface area is 195 Å². The van der Waals surface area contributed by atoms with E-state index >= 15 is 0 Å². The van der Waals surface area contributed by atoms with Crippen molar-refractivity contribution in [2.75, 3.05) is 18.6 Å². The van der Waals surface area contributed by atoms with Crippen LogP contribution in [-0.2, 0) is 32.6 Å². The zero-order valence-electron chi connectivity index (χ0n) is 19.4. The second kappa shape index (κ2) is 10.4. The van der Waals surface area contributed by atoms with Crippen molar-refractivity contribution < 1.29 is 22.7 Å². The molecule has 0 spiro atoms. The number of rotatable bonds is 9. The van der Waals surface area contributed by atoms with Crippen LogP contribution in [0.5, 0.6) is 5.75 Å². The minimum absolute atomic E-state index is 0.0776. The van der Waals surface area contributed by atoms with Gasteiger partial charge in [-0.3, -0.25) is 9.59 Å². The number of nitrogens with zero attached hydrogens (tertiary/aromatic N) is 1. The minimum Gasteiger partial charge on any atom is -0.496 e. The molecule has 0 bridgehead atoms. The van der Waals surface area contributed by atoms with Crippen molar-refractivity contribution in [1.82, 2.24) is 10.0 Å². The predicted molar refractivity (Wildman–Crippen MR) is 127 cm³/mol. The van der Waals surface area contributed by atoms with Gasteiger partial charge in [-0.1, -0.05) is 32.0 Å². The van der Waals surface area contributed by atoms with Gasteiger partial charge in [-0.15, -0.1) is 0 Å². The van der Waals surface area contributed by atoms with Gasteiger partial charge in [-0.2, -0.15) is 4.72 Å². The van der Waals surface area contributed by atoms with Crippen LogP contribution in [0.4, 0.5) is 5.69 Å². The highest BCUT2D eigenvalue weighted by molar-refractivity contribution is 7.89. The summed E-state index contributed by atoms with van der Waals surface area (Å²) in [7, 11) is -2.39. The van der Waals surface area contributed by atoms with Gasteiger partial charge in [0.05, 0.1) is 12.0 Å². The number of sulfonamides is 1. The third-order valence-electron chi connectivity index (χ3n) is 5.60. The first-order chi connectivity index (χ1) is 15.6. The van der Waals surface area contributed by atoms with Gasteiger partial charge < -0.3 is 15.0 Å². The molecule has 1 aliphatic heterocycles. The van der Waals surface area contributed by atoms with E-state index in [1.807, 2.05) is 32.0 Å². The molecule has 8 nitrogen and oxygen atoms in total. The number of carbonyl (C=O) groups excluding carboxylic acids is 2. The van der Waals surface area contributed by atoms with Gasteiger partial charge >= 0.3 is 0 Å². The van der Waals surface area contributed by atoms with Crippen LogP contribution in [0.25, 0.3) is 0 Å². The summed E-state index contributed by atoms with van der Waals surface area (Å²) in [6.07, 6.45) is 0.938. The van der Waals surface area contributed by atoms with Gasteiger partial charge in [0.15, 0.2) is 0 Å². The van der Waals surface area contributed by atoms with E-state index in [4.69, 9.17) is 4.74 Å². The van der Waals surface area contributed by atoms with Crippen molar-refractivity contribution in [3.63, 3.8) is 0 Å². The molecule has 0 radical (unpaired) electrons. The van der Waals surface area contributed by atoms with Crippen LogP contribution < -0.4 is 19.7 Å². The molecular formula is C24H31N3O5S. The fraction of sp³-hybridized carbons (Fsp3) is 0.417. The SMILES string of the molecule is COc1ccccc1CNC(=O)[C@@H](CC(C)C)NS(=O)(=O)c1ccc2c(c1)CCN2C(C)=O. The lowest BCUT2D eigenvalue weighted by Gasteiger charge is -2.21. The number of fused-ring (bicyclic) bond motifs is 1. The first kappa shape index (κ1) is 24.7. The molecule has 0 saturated heterocycles. The summed E-state index contributed by atoms with van der Waals surface area (Å²) in [4.78, 5) is 26.4. The van der Waals surface area contributed by atoms with Gasteiger partial charge in [0.2, 0.25) is 21.8 Å². The summed E-state index contributed by atoms with van der Waals surface area (Å²) < 4.78 is 34.1. The Balaban J connectivity index is 1.76. The van der Waals surface area contributed by atoms with Crippen LogP contribution in [0.15, 0.2) is 47.4 Å². The number of benzene rings is 2. The highest BCUT2D eigenvalue weighted by Crippen LogP contribution is 2.30. The van der Waals surface area contributed by atoms with E-state index in [-0.39, 0.29) is 23.3 Å². The van der Waals surface area contributed by atoms with Gasteiger partial charge in [0.1, 0.15) is 11.8 Å². The largest absolute Gasteiger partial charge is 0.496 e. The standard InChI is InChI=1S/C24H31N3O5S/c1-16(2)13-21(24(29)25-15-19-7-5-6-8-23(19)32-4)26-33(30,31)20-9-10-22-18(14-20)11-12-27(22)17(3)28/h5-10,14,16,21,26H,11-13,15H2,1-4H3,(H,25,29)/t21-/m1/s1. The average molecular weight is 474 g/mol. The monoisotopic (exact) mass is 473 g/mol. The Morgan fingerprint density at radius 3 is 2.55 bits per heavy atom. The van der Waals surface area contributed by atoms with Crippen LogP contribution in [0.1, 0.15) is 38.3 Å². The maximum Gasteiger partial charge on any atom is 0.241 e. The summed E-state index contributed by atoms with van der Waals surface area (Å²) >= 11 is 0. The lowest BCUT2D eigenvalue weighted by molar-refractivity contribution is -0.123. The Morgan fingerprint density at radius 2 is 1.88 bits per heavy atom. The Bertz CT molecular complexity index is 1130. The summed E-state index contributed by atoms with van der Waals surface area (Å²) in [5.41, 5.74) is 2.33. The number of nitrogens with one attached hydrogen (secondary N) is 2. The summed E-state index contributed by atoms with van der Waals surface area (Å²) in [5.74, 6) is 0.267. The van der Waals surface area contributed by atoms with Gasteiger partial charge in [-0.25, -0.2) is 8.42 Å². The molecule has 0 aliphatic carbocycles. The van der Waals surface area contributed by atoms with Crippen molar-refractivity contribution in [1.29, 1.82) is 0 Å². The normalized spacial score (nSPS) is 14.2. The highest BCUT2D eigenvalue weighted by atomic mass is 32.2. The van der Waals surface area contributed by atoms with Crippen LogP contribution in [0.2, 0.25) is 0 Å². The minimum atomic E-state index is -3.94. The molecule has 2 aromatic rings. The molecule has 2 N–H and O–H groups in total. The van der Waals surface area contributed by atoms with E-state index in [2.05, 4.69) is 10.0 Å². The quantitative estimate of drug-likeness (QED) is 0.583. The van der Waals surface area contributed by atoms with E-state index in [1.54, 1.807) is 30.2 Å². The number of amides is 2. The molecule has 0 saturated carbocycles. The van der Waals surface area contributed by atoms with Crippen molar-refractivity contribution in [3.8, 4) is 5.75 Å². The number of hydrogen-bond donors (Lipinski definition) is 2. The first-order valence-corrected chi connectivity index (χ1v) is 12.4. The van der Waals surface area contributed by atoms with Crippen molar-refractivity contribution in [2.24, 2.45) is 5.92 Å². The molecule has 0 unspecified atom stereocenters. The maximum absolute atomic E-state index is 13.1. The Kier molecular flexibility index (Phi) is 7.76. The molecule has 1 aliphatic rings. The summed E-state index contributed by atoms with van der Waals surface area (Å²) in [6.45, 7) is 6.10. The molecule has 0 aromatic heterocycles. The second-order valence-corrected chi connectivity index (χ2v) is 10.3. The van der Waals surface area contributed by atoms with E-state index in [0.29, 0.717) is 25.1 Å². The Hall–Kier alpha value is -2.91. The average Bonchev–Trinajstić information content (AvgIpc) is 3.20. The van der Waals surface area contributed by atoms with Gasteiger partial charge in [0.25, 0.3) is 0 Å². The third-order valence-corrected chi connectivity index (χ3v) is 7.07. The lowest BCUT2D eigenvalue weighted by atomic mass is 10.0. The fourth-order valence-corrected chi connectivity index (χ4v) is 5.22. The number of para-hydroxylation sites is 1. The van der Waals surface area contributed by atoms with Crippen LogP contribution in [-0.4, -0.2) is 39.9 Å². The molecule has 1 atom stereocenters. The first-order valence-electron chi connectivity index (χ1n) is 11.0. The third kappa shape index (κ3) is 5.91. The molecular weight excluding hydrogens is 442 g/mol. The zero-order valence-corrected chi connectivity index (χ0v) is 20.2. The smallest absolute Gasteiger partial charge is 0.241 e. The summed E-state index contributed by atoms with van der Waals surface area (Å²) in [6, 6.07) is 11.1. The Morgan fingerprint density at radius 1 is 1.15 bits per heavy atom. The number of carbonyl (C=O) groups is 2. The molecule has 33 heavy (non-hydrogen) atoms. The van der Waals surface area contributed by atoms with Gasteiger partial charge in [0, 0.05) is 31.3 Å². The van der Waals surface area contributed by atoms with E-state index in [0.717, 1.165) is 16.8 Å². The molecule has 178 valence electrons. The van der Waals surface area contributed by atoms with Crippen molar-refractivity contribution >= 4 is 27.5 Å². The predicted octanol–water partition coefficient (Wildman–Crippen LogP) is 2.61. The van der Waals surface area contributed by atoms with Crippen molar-refractivity contribution in [2.45, 2.75) is 51.1 Å². The van der Waals surface area contributed by atoms with Gasteiger partial charge in [-0.05, 0) is 48.6 Å². The fourth-order valence-electron chi connectivity index (χ4n) is 3.96. The van der Waals surface area contributed by atoms with Crippen molar-refractivity contribution in [3.05, 3.63) is 53.6 Å². The van der Waals surface area contributed by atoms with Crippen LogP contribution in [0.3, 0.4) is 0 Å². The second-order valence-electron chi connectivity index (χ2n) is 8.54. The number of hydrogen-bond acceptors (Lipinski definition) is 5. The number of anilines is 1. The van der Waals surface area contributed by atoms with Crippen LogP contribution >= 0.6 is 0 Å². The molecule has 9 heteroatoms. The van der Waals surface area contributed by atoms with E-state index < -0.39 is 22.0 Å². The number of methoxy groups -OCH3 is 1. The van der Waals surface area contributed by atoms with E-state index in [9.17, 15) is 18.0 Å². The molecule has 1 heterocycles. The molecule has 2 aromatic carbocycles. The zero-order chi connectivity index (χ0) is 24.2. The molecule has 3 rings (SSSR count). The van der Waals surface area contributed by atoms with Crippen LogP contribution in [0, 0.1) is 5.92 Å². The number of ether oxygens (including phenoxy) is 1. The maximum atomic E-state index is 13.1. The summed E-state index contributed by atoms with van der Waals surface area (Å²) in [5, 5.41) is 2.82. The lowest BCUT2D eigenvalue weighted by Crippen LogP contribution is -2.47. The molecule has 0 fully saturated rings.